The van der Waals surface area contributed by atoms with Crippen molar-refractivity contribution < 1.29 is 14.4 Å². The molecule has 1 aliphatic rings. The van der Waals surface area contributed by atoms with Gasteiger partial charge < -0.3 is 10.2 Å². The molecular weight excluding hydrogens is 322 g/mol. The molecule has 8 heteroatoms. The number of nitrogens with one attached hydrogen (secondary N) is 1. The van der Waals surface area contributed by atoms with Crippen LogP contribution in [0.1, 0.15) is 21.5 Å². The van der Waals surface area contributed by atoms with E-state index in [0.717, 1.165) is 16.0 Å². The van der Waals surface area contributed by atoms with Gasteiger partial charge in [-0.1, -0.05) is 12.1 Å². The van der Waals surface area contributed by atoms with Crippen molar-refractivity contribution >= 4 is 17.8 Å². The fourth-order valence-corrected chi connectivity index (χ4v) is 2.67. The van der Waals surface area contributed by atoms with Gasteiger partial charge in [-0.15, -0.1) is 0 Å². The molecule has 0 aliphatic carbocycles. The second-order valence-corrected chi connectivity index (χ2v) is 6.02. The number of hydrogen-bond donors (Lipinski definition) is 1. The van der Waals surface area contributed by atoms with Crippen LogP contribution in [0.15, 0.2) is 36.7 Å². The number of urea groups is 1. The molecule has 0 radical (unpaired) electrons. The van der Waals surface area contributed by atoms with Gasteiger partial charge in [0.1, 0.15) is 0 Å². The van der Waals surface area contributed by atoms with Crippen LogP contribution in [-0.2, 0) is 24.9 Å². The zero-order valence-corrected chi connectivity index (χ0v) is 14.1. The van der Waals surface area contributed by atoms with Crippen LogP contribution in [0.5, 0.6) is 0 Å². The quantitative estimate of drug-likeness (QED) is 0.813. The Labute approximate surface area is 145 Å². The summed E-state index contributed by atoms with van der Waals surface area (Å²) in [6.07, 6.45) is 3.59. The average molecular weight is 341 g/mol. The van der Waals surface area contributed by atoms with E-state index in [9.17, 15) is 14.4 Å². The normalized spacial score (nSPS) is 13.9. The molecule has 1 fully saturated rings. The number of benzene rings is 1. The number of rotatable bonds is 5. The standard InChI is InChI=1S/C17H19N5O3/c1-20(9-13-7-19-21(2)10-13)16(24)14-5-3-12(4-6-14)11-22-15(23)8-18-17(22)25/h3-7,10H,8-9,11H2,1-2H3,(H,18,25). The topological polar surface area (TPSA) is 87.5 Å². The molecule has 1 aromatic carbocycles. The molecule has 1 saturated heterocycles. The Bertz CT molecular complexity index is 796. The van der Waals surface area contributed by atoms with Crippen LogP contribution in [0.3, 0.4) is 0 Å². The minimum Gasteiger partial charge on any atom is -0.337 e. The van der Waals surface area contributed by atoms with Gasteiger partial charge in [-0.25, -0.2) is 4.79 Å². The fraction of sp³-hybridized carbons (Fsp3) is 0.294. The van der Waals surface area contributed by atoms with Crippen molar-refractivity contribution in [2.45, 2.75) is 13.1 Å². The molecule has 1 aliphatic heterocycles. The fourth-order valence-electron chi connectivity index (χ4n) is 2.67. The van der Waals surface area contributed by atoms with Gasteiger partial charge in [0.15, 0.2) is 0 Å². The second kappa shape index (κ2) is 6.76. The molecule has 0 saturated carbocycles. The van der Waals surface area contributed by atoms with Crippen molar-refractivity contribution in [3.8, 4) is 0 Å². The maximum atomic E-state index is 12.5. The van der Waals surface area contributed by atoms with Gasteiger partial charge in [-0.3, -0.25) is 19.2 Å². The van der Waals surface area contributed by atoms with Crippen LogP contribution in [0.4, 0.5) is 4.79 Å². The van der Waals surface area contributed by atoms with Crippen molar-refractivity contribution in [2.75, 3.05) is 13.6 Å². The van der Waals surface area contributed by atoms with E-state index in [2.05, 4.69) is 10.4 Å². The van der Waals surface area contributed by atoms with Crippen LogP contribution in [0.2, 0.25) is 0 Å². The minimum atomic E-state index is -0.388. The summed E-state index contributed by atoms with van der Waals surface area (Å²) in [5.74, 6) is -0.355. The Hall–Kier alpha value is -3.16. The van der Waals surface area contributed by atoms with E-state index < -0.39 is 0 Å². The van der Waals surface area contributed by atoms with E-state index in [1.165, 1.54) is 0 Å². The van der Waals surface area contributed by atoms with Gasteiger partial charge in [0.2, 0.25) is 5.91 Å². The molecule has 3 rings (SSSR count). The number of aromatic nitrogens is 2. The van der Waals surface area contributed by atoms with Gasteiger partial charge in [0.05, 0.1) is 19.3 Å². The van der Waals surface area contributed by atoms with Crippen LogP contribution >= 0.6 is 0 Å². The summed E-state index contributed by atoms with van der Waals surface area (Å²) in [6, 6.07) is 6.53. The lowest BCUT2D eigenvalue weighted by Gasteiger charge is -2.17. The molecule has 25 heavy (non-hydrogen) atoms. The Morgan fingerprint density at radius 3 is 2.52 bits per heavy atom. The van der Waals surface area contributed by atoms with E-state index in [-0.39, 0.29) is 30.9 Å². The molecule has 1 N–H and O–H groups in total. The van der Waals surface area contributed by atoms with Crippen molar-refractivity contribution in [1.82, 2.24) is 24.9 Å². The number of amides is 4. The smallest absolute Gasteiger partial charge is 0.324 e. The summed E-state index contributed by atoms with van der Waals surface area (Å²) >= 11 is 0. The number of hydrogen-bond acceptors (Lipinski definition) is 4. The lowest BCUT2D eigenvalue weighted by atomic mass is 10.1. The highest BCUT2D eigenvalue weighted by Gasteiger charge is 2.28. The number of imide groups is 1. The summed E-state index contributed by atoms with van der Waals surface area (Å²) < 4.78 is 1.69. The van der Waals surface area contributed by atoms with Crippen molar-refractivity contribution in [3.05, 3.63) is 53.3 Å². The first kappa shape index (κ1) is 16.7. The predicted octanol–water partition coefficient (Wildman–Crippen LogP) is 0.744. The summed E-state index contributed by atoms with van der Waals surface area (Å²) in [4.78, 5) is 38.4. The third-order valence-electron chi connectivity index (χ3n) is 4.00. The van der Waals surface area contributed by atoms with Gasteiger partial charge in [-0.2, -0.15) is 5.10 Å². The average Bonchev–Trinajstić information content (AvgIpc) is 3.14. The number of nitrogens with zero attached hydrogens (tertiary/aromatic N) is 4. The monoisotopic (exact) mass is 341 g/mol. The Morgan fingerprint density at radius 2 is 1.96 bits per heavy atom. The Balaban J connectivity index is 1.64. The summed E-state index contributed by atoms with van der Waals surface area (Å²) in [7, 11) is 3.56. The van der Waals surface area contributed by atoms with E-state index >= 15 is 0 Å². The zero-order valence-electron chi connectivity index (χ0n) is 14.1. The van der Waals surface area contributed by atoms with Crippen molar-refractivity contribution in [3.63, 3.8) is 0 Å². The van der Waals surface area contributed by atoms with Gasteiger partial charge in [-0.05, 0) is 17.7 Å². The van der Waals surface area contributed by atoms with Crippen LogP contribution in [-0.4, -0.2) is 51.0 Å². The largest absolute Gasteiger partial charge is 0.337 e. The molecule has 1 aromatic heterocycles. The molecule has 2 aromatic rings. The van der Waals surface area contributed by atoms with Crippen molar-refractivity contribution in [2.24, 2.45) is 7.05 Å². The van der Waals surface area contributed by atoms with Gasteiger partial charge >= 0.3 is 6.03 Å². The first-order chi connectivity index (χ1) is 11.9. The van der Waals surface area contributed by atoms with Crippen molar-refractivity contribution in [1.29, 1.82) is 0 Å². The molecule has 8 nitrogen and oxygen atoms in total. The van der Waals surface area contributed by atoms with Gasteiger partial charge in [0, 0.05) is 38.0 Å². The predicted molar refractivity (Wildman–Crippen MR) is 89.4 cm³/mol. The molecule has 2 heterocycles. The molecule has 130 valence electrons. The second-order valence-electron chi connectivity index (χ2n) is 6.02. The number of carbonyl (C=O) groups is 3. The first-order valence-corrected chi connectivity index (χ1v) is 7.84. The number of aryl methyl sites for hydroxylation is 1. The molecule has 4 amide bonds. The van der Waals surface area contributed by atoms with E-state index in [0.29, 0.717) is 12.1 Å². The SMILES string of the molecule is CN(Cc1cnn(C)c1)C(=O)c1ccc(CN2C(=O)CNC2=O)cc1. The lowest BCUT2D eigenvalue weighted by molar-refractivity contribution is -0.125. The highest BCUT2D eigenvalue weighted by molar-refractivity contribution is 6.01. The van der Waals surface area contributed by atoms with Crippen LogP contribution < -0.4 is 5.32 Å². The van der Waals surface area contributed by atoms with Gasteiger partial charge in [0.25, 0.3) is 5.91 Å². The summed E-state index contributed by atoms with van der Waals surface area (Å²) in [6.45, 7) is 0.704. The maximum absolute atomic E-state index is 12.5. The molecule has 0 unspecified atom stereocenters. The molecular formula is C17H19N5O3. The third-order valence-corrected chi connectivity index (χ3v) is 4.00. The molecule has 0 atom stereocenters. The Morgan fingerprint density at radius 1 is 1.24 bits per heavy atom. The van der Waals surface area contributed by atoms with E-state index in [1.807, 2.05) is 13.2 Å². The molecule has 0 spiro atoms. The lowest BCUT2D eigenvalue weighted by Crippen LogP contribution is -2.30. The highest BCUT2D eigenvalue weighted by atomic mass is 16.2. The highest BCUT2D eigenvalue weighted by Crippen LogP contribution is 2.12. The summed E-state index contributed by atoms with van der Waals surface area (Å²) in [5, 5.41) is 6.57. The van der Waals surface area contributed by atoms with Crippen LogP contribution in [0.25, 0.3) is 0 Å². The first-order valence-electron chi connectivity index (χ1n) is 7.84. The molecule has 0 bridgehead atoms. The third kappa shape index (κ3) is 3.68. The number of carbonyl (C=O) groups excluding carboxylic acids is 3. The van der Waals surface area contributed by atoms with E-state index in [4.69, 9.17) is 0 Å². The Kier molecular flexibility index (Phi) is 4.51. The maximum Gasteiger partial charge on any atom is 0.324 e. The zero-order chi connectivity index (χ0) is 18.0. The van der Waals surface area contributed by atoms with E-state index in [1.54, 1.807) is 47.1 Å². The summed E-state index contributed by atoms with van der Waals surface area (Å²) in [5.41, 5.74) is 2.29. The van der Waals surface area contributed by atoms with Crippen LogP contribution in [0, 0.1) is 0 Å². The minimum absolute atomic E-state index is 0.0363.